The molecule has 0 aromatic carbocycles. The van der Waals surface area contributed by atoms with E-state index in [1.807, 2.05) is 6.92 Å². The molecule has 0 bridgehead atoms. The van der Waals surface area contributed by atoms with Crippen molar-refractivity contribution in [1.29, 1.82) is 0 Å². The molecule has 0 radical (unpaired) electrons. The maximum Gasteiger partial charge on any atom is 0.306 e. The van der Waals surface area contributed by atoms with Crippen LogP contribution in [0.3, 0.4) is 0 Å². The molecule has 0 aliphatic heterocycles. The predicted octanol–water partition coefficient (Wildman–Crippen LogP) is 6.97. The number of carbonyl (C=O) groups excluding carboxylic acids is 1. The second kappa shape index (κ2) is 26.5. The number of unbranched alkanes of at least 4 members (excludes halogenated alkanes) is 1. The second-order valence-electron chi connectivity index (χ2n) is 8.78. The first-order chi connectivity index (χ1) is 18.2. The van der Waals surface area contributed by atoms with Crippen LogP contribution in [0.25, 0.3) is 0 Å². The van der Waals surface area contributed by atoms with Crippen LogP contribution in [0, 0.1) is 70.7 Å². The lowest BCUT2D eigenvalue weighted by atomic mass is 10.2. The van der Waals surface area contributed by atoms with Gasteiger partial charge in [0.15, 0.2) is 0 Å². The van der Waals surface area contributed by atoms with E-state index in [1.54, 1.807) is 7.11 Å². The maximum absolute atomic E-state index is 11.7. The average Bonchev–Trinajstić information content (AvgIpc) is 2.89. The topological polar surface area (TPSA) is 35.5 Å². The number of hydrogen-bond acceptors (Lipinski definition) is 3. The zero-order chi connectivity index (χ0) is 29.8. The van der Waals surface area contributed by atoms with Crippen molar-refractivity contribution in [3.8, 4) is 70.7 Å². The molecule has 0 aromatic rings. The summed E-state index contributed by atoms with van der Waals surface area (Å²) in [5.74, 6) is 29.9. The number of esters is 1. The summed E-state index contributed by atoms with van der Waals surface area (Å²) < 4.78 is 10.3. The summed E-state index contributed by atoms with van der Waals surface area (Å²) in [4.78, 5) is 11.7. The van der Waals surface area contributed by atoms with Gasteiger partial charge in [0.25, 0.3) is 0 Å². The standard InChI is InChI=1S/C30H38O3Si.2C2H4/c1-9-29(25-32-8)33-30(31)23-21-19-17-15-13-11-10-12-14-16-18-20-22-24-34(26(2)3,27(4)5)28(6)7;2*1-2/h26-29H,9,19,21,23,25H2,1-8H3;2*1-2H2. The zero-order valence-corrected chi connectivity index (χ0v) is 25.9. The van der Waals surface area contributed by atoms with Gasteiger partial charge in [-0.1, -0.05) is 54.4 Å². The SMILES string of the molecule is C=C.C=C.CCC(COC)OC(=O)CCCC#CC#CC#CC#CC#CC#C[Si](C(C)C)(C(C)C)C(C)C. The molecule has 0 spiro atoms. The number of rotatable bonds is 10. The smallest absolute Gasteiger partial charge is 0.306 e. The Bertz CT molecular complexity index is 1020. The molecule has 1 unspecified atom stereocenters. The van der Waals surface area contributed by atoms with Crippen molar-refractivity contribution < 1.29 is 14.3 Å². The molecule has 38 heavy (non-hydrogen) atoms. The van der Waals surface area contributed by atoms with Crippen LogP contribution >= 0.6 is 0 Å². The van der Waals surface area contributed by atoms with Gasteiger partial charge in [-0.3, -0.25) is 4.79 Å². The van der Waals surface area contributed by atoms with Gasteiger partial charge in [0, 0.05) is 20.0 Å². The van der Waals surface area contributed by atoms with Gasteiger partial charge >= 0.3 is 5.97 Å². The van der Waals surface area contributed by atoms with Crippen LogP contribution in [0.2, 0.25) is 16.6 Å². The van der Waals surface area contributed by atoms with Crippen molar-refractivity contribution in [3.05, 3.63) is 26.3 Å². The van der Waals surface area contributed by atoms with Crippen molar-refractivity contribution in [1.82, 2.24) is 0 Å². The molecule has 0 aliphatic rings. The first-order valence-corrected chi connectivity index (χ1v) is 15.1. The van der Waals surface area contributed by atoms with E-state index in [0.717, 1.165) is 6.42 Å². The average molecular weight is 531 g/mol. The second-order valence-corrected chi connectivity index (χ2v) is 14.4. The molecule has 0 saturated carbocycles. The van der Waals surface area contributed by atoms with E-state index in [-0.39, 0.29) is 12.1 Å². The zero-order valence-electron chi connectivity index (χ0n) is 24.9. The van der Waals surface area contributed by atoms with Gasteiger partial charge < -0.3 is 9.47 Å². The van der Waals surface area contributed by atoms with Gasteiger partial charge in [-0.15, -0.1) is 31.9 Å². The molecule has 4 heteroatoms. The summed E-state index contributed by atoms with van der Waals surface area (Å²) in [6.45, 7) is 28.0. The van der Waals surface area contributed by atoms with Crippen molar-refractivity contribution in [3.63, 3.8) is 0 Å². The lowest BCUT2D eigenvalue weighted by Gasteiger charge is -2.37. The van der Waals surface area contributed by atoms with Gasteiger partial charge in [0.1, 0.15) is 14.2 Å². The summed E-state index contributed by atoms with van der Waals surface area (Å²) in [6.07, 6.45) is 2.08. The van der Waals surface area contributed by atoms with Crippen LogP contribution in [-0.2, 0) is 14.3 Å². The first-order valence-electron chi connectivity index (χ1n) is 12.9. The Balaban J connectivity index is -0.00000291. The highest BCUT2D eigenvalue weighted by atomic mass is 28.3. The molecule has 0 N–H and O–H groups in total. The fourth-order valence-corrected chi connectivity index (χ4v) is 9.06. The molecule has 3 nitrogen and oxygen atoms in total. The Morgan fingerprint density at radius 1 is 0.737 bits per heavy atom. The highest BCUT2D eigenvalue weighted by Gasteiger charge is 2.41. The third-order valence-electron chi connectivity index (χ3n) is 5.58. The van der Waals surface area contributed by atoms with Gasteiger partial charge in [-0.05, 0) is 88.7 Å². The number of carbonyl (C=O) groups is 1. The minimum atomic E-state index is -1.75. The van der Waals surface area contributed by atoms with E-state index in [1.165, 1.54) is 0 Å². The summed E-state index contributed by atoms with van der Waals surface area (Å²) >= 11 is 0. The van der Waals surface area contributed by atoms with Crippen LogP contribution in [0.15, 0.2) is 26.3 Å². The van der Waals surface area contributed by atoms with Crippen molar-refractivity contribution in [2.75, 3.05) is 13.7 Å². The lowest BCUT2D eigenvalue weighted by Crippen LogP contribution is -2.43. The molecule has 0 saturated heterocycles. The first kappa shape index (κ1) is 39.0. The summed E-state index contributed by atoms with van der Waals surface area (Å²) in [5.41, 5.74) is 5.28. The van der Waals surface area contributed by atoms with Crippen LogP contribution in [0.4, 0.5) is 0 Å². The van der Waals surface area contributed by atoms with E-state index in [9.17, 15) is 4.79 Å². The predicted molar refractivity (Wildman–Crippen MR) is 166 cm³/mol. The Labute approximate surface area is 235 Å². The summed E-state index contributed by atoms with van der Waals surface area (Å²) in [7, 11) is -0.155. The van der Waals surface area contributed by atoms with E-state index >= 15 is 0 Å². The molecule has 0 fully saturated rings. The minimum Gasteiger partial charge on any atom is -0.460 e. The molecule has 204 valence electrons. The fraction of sp³-hybridized carbons (Fsp3) is 0.500. The van der Waals surface area contributed by atoms with E-state index in [2.05, 4.69) is 139 Å². The van der Waals surface area contributed by atoms with Gasteiger partial charge in [0.2, 0.25) is 0 Å². The lowest BCUT2D eigenvalue weighted by molar-refractivity contribution is -0.151. The highest BCUT2D eigenvalue weighted by molar-refractivity contribution is 6.90. The molecule has 0 rings (SSSR count). The Morgan fingerprint density at radius 3 is 1.55 bits per heavy atom. The molecule has 0 aromatic heterocycles. The molecule has 0 heterocycles. The Kier molecular flexibility index (Phi) is 27.3. The van der Waals surface area contributed by atoms with Gasteiger partial charge in [-0.2, -0.15) is 0 Å². The van der Waals surface area contributed by atoms with E-state index in [0.29, 0.717) is 42.5 Å². The molecule has 0 amide bonds. The Hall–Kier alpha value is -3.51. The van der Waals surface area contributed by atoms with Crippen LogP contribution in [-0.4, -0.2) is 33.9 Å². The molecular weight excluding hydrogens is 484 g/mol. The third kappa shape index (κ3) is 17.8. The monoisotopic (exact) mass is 530 g/mol. The minimum absolute atomic E-state index is 0.184. The van der Waals surface area contributed by atoms with Gasteiger partial charge in [-0.25, -0.2) is 0 Å². The van der Waals surface area contributed by atoms with Crippen molar-refractivity contribution in [2.24, 2.45) is 0 Å². The van der Waals surface area contributed by atoms with E-state index in [4.69, 9.17) is 9.47 Å². The largest absolute Gasteiger partial charge is 0.460 e. The fourth-order valence-electron chi connectivity index (χ4n) is 3.92. The van der Waals surface area contributed by atoms with Crippen molar-refractivity contribution in [2.45, 2.75) is 96.9 Å². The molecule has 1 atom stereocenters. The van der Waals surface area contributed by atoms with Crippen LogP contribution < -0.4 is 0 Å². The van der Waals surface area contributed by atoms with Gasteiger partial charge in [0.05, 0.1) is 6.61 Å². The molecule has 0 aliphatic carbocycles. The van der Waals surface area contributed by atoms with Crippen LogP contribution in [0.1, 0.15) is 74.1 Å². The third-order valence-corrected chi connectivity index (χ3v) is 11.9. The van der Waals surface area contributed by atoms with E-state index < -0.39 is 8.07 Å². The molecular formula is C34H46O3Si. The highest BCUT2D eigenvalue weighted by Crippen LogP contribution is 2.40. The quantitative estimate of drug-likeness (QED) is 0.101. The van der Waals surface area contributed by atoms with Crippen LogP contribution in [0.5, 0.6) is 0 Å². The normalized spacial score (nSPS) is 9.55. The number of hydrogen-bond donors (Lipinski definition) is 0. The summed E-state index contributed by atoms with van der Waals surface area (Å²) in [5, 5.41) is 0. The van der Waals surface area contributed by atoms with Crippen molar-refractivity contribution >= 4 is 14.0 Å². The summed E-state index contributed by atoms with van der Waals surface area (Å²) in [6, 6.07) is 0. The number of methoxy groups -OCH3 is 1. The Morgan fingerprint density at radius 2 is 1.16 bits per heavy atom. The number of ether oxygens (including phenoxy) is 2. The maximum atomic E-state index is 11.7.